The van der Waals surface area contributed by atoms with Gasteiger partial charge in [-0.25, -0.2) is 4.79 Å². The lowest BCUT2D eigenvalue weighted by atomic mass is 10.00. The van der Waals surface area contributed by atoms with Gasteiger partial charge in [0, 0.05) is 6.42 Å². The van der Waals surface area contributed by atoms with Crippen molar-refractivity contribution in [3.8, 4) is 0 Å². The molecule has 1 aliphatic rings. The Bertz CT molecular complexity index is 431. The first-order valence-corrected chi connectivity index (χ1v) is 5.88. The summed E-state index contributed by atoms with van der Waals surface area (Å²) in [5.74, 6) is -0.212. The van der Waals surface area contributed by atoms with Crippen LogP contribution in [-0.4, -0.2) is 12.1 Å². The van der Waals surface area contributed by atoms with Crippen LogP contribution >= 0.6 is 0 Å². The zero-order chi connectivity index (χ0) is 12.1. The van der Waals surface area contributed by atoms with E-state index in [0.29, 0.717) is 5.57 Å². The fourth-order valence-corrected chi connectivity index (χ4v) is 1.93. The molecular weight excluding hydrogens is 212 g/mol. The first-order valence-electron chi connectivity index (χ1n) is 5.88. The average molecular weight is 228 g/mol. The number of hydrogen-bond acceptors (Lipinski definition) is 2. The summed E-state index contributed by atoms with van der Waals surface area (Å²) in [4.78, 5) is 11.9. The number of carbonyl (C=O) groups is 1. The highest BCUT2D eigenvalue weighted by Gasteiger charge is 2.23. The van der Waals surface area contributed by atoms with Gasteiger partial charge in [-0.15, -0.1) is 6.58 Å². The van der Waals surface area contributed by atoms with Gasteiger partial charge >= 0.3 is 5.97 Å². The molecule has 2 heteroatoms. The van der Waals surface area contributed by atoms with Crippen LogP contribution in [0.1, 0.15) is 24.8 Å². The van der Waals surface area contributed by atoms with Gasteiger partial charge in [0.05, 0.1) is 5.57 Å². The lowest BCUT2D eigenvalue weighted by Gasteiger charge is -2.22. The SMILES string of the molecule is C=CCCC1CC=C(c2ccccc2)C(=O)O1. The van der Waals surface area contributed by atoms with E-state index in [1.165, 1.54) is 0 Å². The second kappa shape index (κ2) is 5.48. The third-order valence-corrected chi connectivity index (χ3v) is 2.86. The van der Waals surface area contributed by atoms with Gasteiger partial charge in [-0.2, -0.15) is 0 Å². The van der Waals surface area contributed by atoms with Crippen LogP contribution in [0.15, 0.2) is 49.1 Å². The summed E-state index contributed by atoms with van der Waals surface area (Å²) >= 11 is 0. The topological polar surface area (TPSA) is 26.3 Å². The Labute approximate surface area is 102 Å². The maximum absolute atomic E-state index is 11.9. The second-order valence-electron chi connectivity index (χ2n) is 4.11. The fourth-order valence-electron chi connectivity index (χ4n) is 1.93. The van der Waals surface area contributed by atoms with Crippen molar-refractivity contribution in [1.82, 2.24) is 0 Å². The van der Waals surface area contributed by atoms with Crippen LogP contribution in [-0.2, 0) is 9.53 Å². The fraction of sp³-hybridized carbons (Fsp3) is 0.267. The van der Waals surface area contributed by atoms with E-state index in [4.69, 9.17) is 4.74 Å². The number of ether oxygens (including phenoxy) is 1. The Balaban J connectivity index is 2.09. The summed E-state index contributed by atoms with van der Waals surface area (Å²) < 4.78 is 5.40. The number of carbonyl (C=O) groups excluding carboxylic acids is 1. The number of esters is 1. The Morgan fingerprint density at radius 2 is 2.12 bits per heavy atom. The smallest absolute Gasteiger partial charge is 0.338 e. The predicted molar refractivity (Wildman–Crippen MR) is 68.3 cm³/mol. The first kappa shape index (κ1) is 11.6. The Morgan fingerprint density at radius 3 is 2.76 bits per heavy atom. The zero-order valence-corrected chi connectivity index (χ0v) is 9.76. The third kappa shape index (κ3) is 2.84. The van der Waals surface area contributed by atoms with Crippen LogP contribution in [0.25, 0.3) is 5.57 Å². The monoisotopic (exact) mass is 228 g/mol. The molecule has 1 unspecified atom stereocenters. The Hall–Kier alpha value is -1.83. The molecule has 0 saturated carbocycles. The highest BCUT2D eigenvalue weighted by Crippen LogP contribution is 2.24. The van der Waals surface area contributed by atoms with Crippen LogP contribution in [0.2, 0.25) is 0 Å². The summed E-state index contributed by atoms with van der Waals surface area (Å²) in [5.41, 5.74) is 1.61. The summed E-state index contributed by atoms with van der Waals surface area (Å²) in [7, 11) is 0. The Kier molecular flexibility index (Phi) is 3.76. The predicted octanol–water partition coefficient (Wildman–Crippen LogP) is 3.35. The highest BCUT2D eigenvalue weighted by atomic mass is 16.5. The standard InChI is InChI=1S/C15H16O2/c1-2-3-9-13-10-11-14(15(16)17-13)12-7-5-4-6-8-12/h2,4-8,11,13H,1,3,9-10H2. The first-order chi connectivity index (χ1) is 8.31. The molecule has 0 amide bonds. The van der Waals surface area contributed by atoms with Crippen molar-refractivity contribution in [3.05, 3.63) is 54.6 Å². The second-order valence-corrected chi connectivity index (χ2v) is 4.11. The molecule has 1 heterocycles. The average Bonchev–Trinajstić information content (AvgIpc) is 2.37. The molecular formula is C15H16O2. The molecule has 0 aromatic heterocycles. The molecule has 88 valence electrons. The van der Waals surface area contributed by atoms with Crippen LogP contribution < -0.4 is 0 Å². The van der Waals surface area contributed by atoms with Gasteiger partial charge in [0.15, 0.2) is 0 Å². The van der Waals surface area contributed by atoms with Crippen LogP contribution in [0, 0.1) is 0 Å². The third-order valence-electron chi connectivity index (χ3n) is 2.86. The molecule has 0 bridgehead atoms. The van der Waals surface area contributed by atoms with E-state index in [1.807, 2.05) is 42.5 Å². The molecule has 2 nitrogen and oxygen atoms in total. The molecule has 1 aromatic rings. The minimum absolute atomic E-state index is 0.00737. The van der Waals surface area contributed by atoms with E-state index in [0.717, 1.165) is 24.8 Å². The molecule has 0 N–H and O–H groups in total. The largest absolute Gasteiger partial charge is 0.458 e. The molecule has 0 saturated heterocycles. The number of rotatable bonds is 4. The number of benzene rings is 1. The van der Waals surface area contributed by atoms with E-state index < -0.39 is 0 Å². The van der Waals surface area contributed by atoms with Crippen molar-refractivity contribution in [2.24, 2.45) is 0 Å². The van der Waals surface area contributed by atoms with Gasteiger partial charge in [-0.3, -0.25) is 0 Å². The summed E-state index contributed by atoms with van der Waals surface area (Å²) in [6.07, 6.45) is 6.37. The van der Waals surface area contributed by atoms with E-state index in [2.05, 4.69) is 6.58 Å². The van der Waals surface area contributed by atoms with Crippen LogP contribution in [0.4, 0.5) is 0 Å². The van der Waals surface area contributed by atoms with E-state index in [9.17, 15) is 4.79 Å². The van der Waals surface area contributed by atoms with Gasteiger partial charge in [-0.05, 0) is 18.4 Å². The lowest BCUT2D eigenvalue weighted by Crippen LogP contribution is -2.22. The molecule has 2 rings (SSSR count). The van der Waals surface area contributed by atoms with E-state index in [1.54, 1.807) is 0 Å². The molecule has 1 aliphatic heterocycles. The normalized spacial score (nSPS) is 19.4. The maximum atomic E-state index is 11.9. The minimum Gasteiger partial charge on any atom is -0.458 e. The molecule has 1 atom stereocenters. The molecule has 0 aliphatic carbocycles. The summed E-state index contributed by atoms with van der Waals surface area (Å²) in [5, 5.41) is 0. The van der Waals surface area contributed by atoms with Crippen molar-refractivity contribution >= 4 is 11.5 Å². The van der Waals surface area contributed by atoms with E-state index >= 15 is 0 Å². The number of hydrogen-bond donors (Lipinski definition) is 0. The summed E-state index contributed by atoms with van der Waals surface area (Å²) in [6, 6.07) is 9.64. The number of allylic oxidation sites excluding steroid dienone is 1. The number of cyclic esters (lactones) is 1. The van der Waals surface area contributed by atoms with Gasteiger partial charge in [0.2, 0.25) is 0 Å². The van der Waals surface area contributed by atoms with Gasteiger partial charge in [-0.1, -0.05) is 42.5 Å². The van der Waals surface area contributed by atoms with Gasteiger partial charge in [0.25, 0.3) is 0 Å². The molecule has 1 aromatic carbocycles. The van der Waals surface area contributed by atoms with Crippen molar-refractivity contribution in [1.29, 1.82) is 0 Å². The van der Waals surface area contributed by atoms with Crippen molar-refractivity contribution in [2.75, 3.05) is 0 Å². The van der Waals surface area contributed by atoms with Crippen molar-refractivity contribution in [2.45, 2.75) is 25.4 Å². The molecule has 0 spiro atoms. The van der Waals surface area contributed by atoms with Crippen molar-refractivity contribution < 1.29 is 9.53 Å². The van der Waals surface area contributed by atoms with Gasteiger partial charge in [0.1, 0.15) is 6.10 Å². The molecule has 17 heavy (non-hydrogen) atoms. The lowest BCUT2D eigenvalue weighted by molar-refractivity contribution is -0.142. The quantitative estimate of drug-likeness (QED) is 0.583. The molecule has 0 fully saturated rings. The minimum atomic E-state index is -0.212. The van der Waals surface area contributed by atoms with Crippen LogP contribution in [0.3, 0.4) is 0 Å². The maximum Gasteiger partial charge on any atom is 0.338 e. The van der Waals surface area contributed by atoms with Crippen LogP contribution in [0.5, 0.6) is 0 Å². The van der Waals surface area contributed by atoms with Crippen molar-refractivity contribution in [3.63, 3.8) is 0 Å². The molecule has 0 radical (unpaired) electrons. The Morgan fingerprint density at radius 1 is 1.35 bits per heavy atom. The zero-order valence-electron chi connectivity index (χ0n) is 9.76. The van der Waals surface area contributed by atoms with E-state index in [-0.39, 0.29) is 12.1 Å². The highest BCUT2D eigenvalue weighted by molar-refractivity contribution is 6.17. The van der Waals surface area contributed by atoms with Gasteiger partial charge < -0.3 is 4.74 Å². The summed E-state index contributed by atoms with van der Waals surface area (Å²) in [6.45, 7) is 3.67.